The fourth-order valence-corrected chi connectivity index (χ4v) is 2.73. The number of ether oxygens (including phenoxy) is 2. The van der Waals surface area contributed by atoms with Crippen LogP contribution in [0.25, 0.3) is 0 Å². The van der Waals surface area contributed by atoms with Crippen molar-refractivity contribution < 1.29 is 18.7 Å². The van der Waals surface area contributed by atoms with Gasteiger partial charge in [-0.1, -0.05) is 18.2 Å². The molecule has 0 aromatic heterocycles. The molecule has 2 rings (SSSR count). The van der Waals surface area contributed by atoms with Crippen LogP contribution in [0.15, 0.2) is 48.5 Å². The summed E-state index contributed by atoms with van der Waals surface area (Å²) in [5, 5.41) is 2.97. The maximum absolute atomic E-state index is 13.1. The molecule has 5 nitrogen and oxygen atoms in total. The van der Waals surface area contributed by atoms with E-state index in [0.29, 0.717) is 31.7 Å². The maximum atomic E-state index is 13.1. The fraction of sp³-hybridized carbons (Fsp3) is 0.381. The number of amides is 1. The van der Waals surface area contributed by atoms with Gasteiger partial charge >= 0.3 is 0 Å². The summed E-state index contributed by atoms with van der Waals surface area (Å²) < 4.78 is 23.8. The molecule has 27 heavy (non-hydrogen) atoms. The Kier molecular flexibility index (Phi) is 8.07. The first-order valence-corrected chi connectivity index (χ1v) is 8.95. The summed E-state index contributed by atoms with van der Waals surface area (Å²) in [6, 6.07) is 13.9. The van der Waals surface area contributed by atoms with Gasteiger partial charge in [-0.05, 0) is 50.3 Å². The summed E-state index contributed by atoms with van der Waals surface area (Å²) in [6.45, 7) is 0.869. The highest BCUT2D eigenvalue weighted by atomic mass is 19.1. The molecule has 2 aromatic carbocycles. The van der Waals surface area contributed by atoms with E-state index < -0.39 is 0 Å². The molecular formula is C21H27FN2O3. The van der Waals surface area contributed by atoms with Crippen LogP contribution in [0, 0.1) is 5.82 Å². The van der Waals surface area contributed by atoms with Crippen LogP contribution < -0.4 is 14.8 Å². The van der Waals surface area contributed by atoms with Crippen LogP contribution in [0.4, 0.5) is 4.39 Å². The first-order valence-electron chi connectivity index (χ1n) is 8.95. The minimum absolute atomic E-state index is 0.0346. The molecule has 0 heterocycles. The van der Waals surface area contributed by atoms with E-state index in [4.69, 9.17) is 9.47 Å². The molecule has 6 heteroatoms. The van der Waals surface area contributed by atoms with Gasteiger partial charge in [-0.15, -0.1) is 0 Å². The van der Waals surface area contributed by atoms with Crippen molar-refractivity contribution in [2.24, 2.45) is 0 Å². The van der Waals surface area contributed by atoms with Crippen LogP contribution in [0.3, 0.4) is 0 Å². The van der Waals surface area contributed by atoms with E-state index in [1.165, 1.54) is 12.1 Å². The molecule has 146 valence electrons. The maximum Gasteiger partial charge on any atom is 0.220 e. The second-order valence-electron chi connectivity index (χ2n) is 6.47. The van der Waals surface area contributed by atoms with Gasteiger partial charge < -0.3 is 19.7 Å². The van der Waals surface area contributed by atoms with E-state index in [0.717, 1.165) is 11.3 Å². The number of rotatable bonds is 10. The number of carbonyl (C=O) groups excluding carboxylic acids is 1. The zero-order chi connectivity index (χ0) is 19.6. The topological polar surface area (TPSA) is 50.8 Å². The number of hydrogen-bond acceptors (Lipinski definition) is 4. The van der Waals surface area contributed by atoms with Crippen LogP contribution in [-0.2, 0) is 4.79 Å². The number of benzene rings is 2. The van der Waals surface area contributed by atoms with Gasteiger partial charge in [-0.25, -0.2) is 4.39 Å². The van der Waals surface area contributed by atoms with Crippen LogP contribution in [0.1, 0.15) is 24.4 Å². The lowest BCUT2D eigenvalue weighted by atomic mass is 10.1. The Hall–Kier alpha value is -2.60. The highest BCUT2D eigenvalue weighted by Gasteiger charge is 2.16. The van der Waals surface area contributed by atoms with Gasteiger partial charge in [0.15, 0.2) is 0 Å². The molecular weight excluding hydrogens is 347 g/mol. The van der Waals surface area contributed by atoms with E-state index in [1.54, 1.807) is 19.2 Å². The van der Waals surface area contributed by atoms with Crippen molar-refractivity contribution in [3.05, 3.63) is 59.9 Å². The van der Waals surface area contributed by atoms with Gasteiger partial charge in [0, 0.05) is 19.0 Å². The fourth-order valence-electron chi connectivity index (χ4n) is 2.73. The Labute approximate surface area is 160 Å². The molecule has 1 unspecified atom stereocenters. The average molecular weight is 374 g/mol. The van der Waals surface area contributed by atoms with E-state index >= 15 is 0 Å². The largest absolute Gasteiger partial charge is 0.497 e. The van der Waals surface area contributed by atoms with Crippen molar-refractivity contribution in [2.75, 3.05) is 34.4 Å². The van der Waals surface area contributed by atoms with Crippen molar-refractivity contribution in [1.82, 2.24) is 10.2 Å². The first-order chi connectivity index (χ1) is 13.0. The second-order valence-corrected chi connectivity index (χ2v) is 6.47. The number of halogens is 1. The molecule has 0 aliphatic heterocycles. The van der Waals surface area contributed by atoms with E-state index in [-0.39, 0.29) is 17.8 Å². The Morgan fingerprint density at radius 2 is 1.89 bits per heavy atom. The molecule has 1 N–H and O–H groups in total. The Morgan fingerprint density at radius 1 is 1.15 bits per heavy atom. The van der Waals surface area contributed by atoms with Crippen LogP contribution in [-0.4, -0.2) is 45.2 Å². The lowest BCUT2D eigenvalue weighted by molar-refractivity contribution is -0.121. The SMILES string of the molecule is COc1cccc(C(CNC(=O)CCCOc2cccc(F)c2)N(C)C)c1. The average Bonchev–Trinajstić information content (AvgIpc) is 2.65. The molecule has 0 bridgehead atoms. The van der Waals surface area contributed by atoms with Gasteiger partial charge in [-0.2, -0.15) is 0 Å². The monoisotopic (exact) mass is 374 g/mol. The summed E-state index contributed by atoms with van der Waals surface area (Å²) in [5.74, 6) is 0.895. The van der Waals surface area contributed by atoms with Gasteiger partial charge in [-0.3, -0.25) is 4.79 Å². The van der Waals surface area contributed by atoms with Crippen molar-refractivity contribution in [1.29, 1.82) is 0 Å². The molecule has 0 fully saturated rings. The number of hydrogen-bond donors (Lipinski definition) is 1. The highest BCUT2D eigenvalue weighted by Crippen LogP contribution is 2.22. The standard InChI is InChI=1S/C21H27FN2O3/c1-24(2)20(16-7-4-9-18(13-16)26-3)15-23-21(25)11-6-12-27-19-10-5-8-17(22)14-19/h4-5,7-10,13-14,20H,6,11-12,15H2,1-3H3,(H,23,25). The Bertz CT molecular complexity index is 737. The molecule has 1 atom stereocenters. The zero-order valence-electron chi connectivity index (χ0n) is 16.1. The summed E-state index contributed by atoms with van der Waals surface area (Å²) in [5.41, 5.74) is 1.08. The van der Waals surface area contributed by atoms with E-state index in [1.807, 2.05) is 38.4 Å². The third kappa shape index (κ3) is 6.90. The van der Waals surface area contributed by atoms with Gasteiger partial charge in [0.2, 0.25) is 5.91 Å². The number of nitrogens with zero attached hydrogens (tertiary/aromatic N) is 1. The number of carbonyl (C=O) groups is 1. The predicted octanol–water partition coefficient (Wildman–Crippen LogP) is 3.41. The molecule has 1 amide bonds. The number of likely N-dealkylation sites (N-methyl/N-ethyl adjacent to an activating group) is 1. The molecule has 2 aromatic rings. The third-order valence-corrected chi connectivity index (χ3v) is 4.21. The smallest absolute Gasteiger partial charge is 0.220 e. The zero-order valence-corrected chi connectivity index (χ0v) is 16.1. The summed E-state index contributed by atoms with van der Waals surface area (Å²) in [7, 11) is 5.59. The minimum Gasteiger partial charge on any atom is -0.497 e. The highest BCUT2D eigenvalue weighted by molar-refractivity contribution is 5.75. The van der Waals surface area contributed by atoms with E-state index in [9.17, 15) is 9.18 Å². The molecule has 0 saturated heterocycles. The molecule has 0 aliphatic rings. The van der Waals surface area contributed by atoms with E-state index in [2.05, 4.69) is 10.2 Å². The molecule has 0 aliphatic carbocycles. The van der Waals surface area contributed by atoms with Crippen molar-refractivity contribution in [3.8, 4) is 11.5 Å². The second kappa shape index (κ2) is 10.5. The Morgan fingerprint density at radius 3 is 2.59 bits per heavy atom. The number of nitrogens with one attached hydrogen (secondary N) is 1. The first kappa shape index (κ1) is 20.7. The molecule has 0 spiro atoms. The normalized spacial score (nSPS) is 11.9. The van der Waals surface area contributed by atoms with Gasteiger partial charge in [0.1, 0.15) is 17.3 Å². The van der Waals surface area contributed by atoms with Crippen LogP contribution in [0.5, 0.6) is 11.5 Å². The summed E-state index contributed by atoms with van der Waals surface area (Å²) in [4.78, 5) is 14.2. The lowest BCUT2D eigenvalue weighted by Crippen LogP contribution is -2.34. The minimum atomic E-state index is -0.336. The lowest BCUT2D eigenvalue weighted by Gasteiger charge is -2.25. The Balaban J connectivity index is 1.76. The van der Waals surface area contributed by atoms with Crippen LogP contribution in [0.2, 0.25) is 0 Å². The van der Waals surface area contributed by atoms with Gasteiger partial charge in [0.05, 0.1) is 19.8 Å². The summed E-state index contributed by atoms with van der Waals surface area (Å²) >= 11 is 0. The predicted molar refractivity (Wildman–Crippen MR) is 104 cm³/mol. The molecule has 0 radical (unpaired) electrons. The molecule has 0 saturated carbocycles. The summed E-state index contributed by atoms with van der Waals surface area (Å²) in [6.07, 6.45) is 0.918. The number of methoxy groups -OCH3 is 1. The van der Waals surface area contributed by atoms with Crippen molar-refractivity contribution >= 4 is 5.91 Å². The quantitative estimate of drug-likeness (QED) is 0.648. The van der Waals surface area contributed by atoms with Gasteiger partial charge in [0.25, 0.3) is 0 Å². The third-order valence-electron chi connectivity index (χ3n) is 4.21. The van der Waals surface area contributed by atoms with Crippen molar-refractivity contribution in [2.45, 2.75) is 18.9 Å². The van der Waals surface area contributed by atoms with Crippen LogP contribution >= 0.6 is 0 Å². The van der Waals surface area contributed by atoms with Crippen molar-refractivity contribution in [3.63, 3.8) is 0 Å².